The molecular formula is C36H72Cl2O. The first kappa shape index (κ1) is 39.5. The summed E-state index contributed by atoms with van der Waals surface area (Å²) in [6.45, 7) is 4.59. The Hall–Kier alpha value is 0.540. The van der Waals surface area contributed by atoms with Gasteiger partial charge >= 0.3 is 0 Å². The lowest BCUT2D eigenvalue weighted by molar-refractivity contribution is 0.0690. The molecule has 0 radical (unpaired) electrons. The van der Waals surface area contributed by atoms with Gasteiger partial charge in [-0.15, -0.1) is 0 Å². The molecule has 1 nitrogen and oxygen atoms in total. The van der Waals surface area contributed by atoms with E-state index in [4.69, 9.17) is 27.9 Å². The molecule has 0 saturated heterocycles. The topological polar surface area (TPSA) is 9.23 Å². The summed E-state index contributed by atoms with van der Waals surface area (Å²) in [5.74, 6) is 0. The van der Waals surface area contributed by atoms with Gasteiger partial charge in [-0.3, -0.25) is 0 Å². The molecule has 0 spiro atoms. The standard InChI is InChI=1S/C36H72Cl2O/c1-3-5-7-9-11-13-15-17-19-21-23-25-27-29-31-33-35(37)39-36(38)34-32-30-28-26-24-22-20-18-16-14-12-10-8-6-4-2/h35-36H,3-34H2,1-2H3. The zero-order valence-corrected chi connectivity index (χ0v) is 28.5. The first-order chi connectivity index (χ1) is 19.2. The van der Waals surface area contributed by atoms with Crippen molar-refractivity contribution in [3.8, 4) is 0 Å². The normalized spacial score (nSPS) is 13.2. The van der Waals surface area contributed by atoms with Crippen LogP contribution in [0.3, 0.4) is 0 Å². The Morgan fingerprint density at radius 3 is 0.692 bits per heavy atom. The van der Waals surface area contributed by atoms with Crippen LogP contribution >= 0.6 is 23.2 Å². The van der Waals surface area contributed by atoms with Gasteiger partial charge in [-0.2, -0.15) is 0 Å². The predicted octanol–water partition coefficient (Wildman–Crippen LogP) is 14.7. The molecule has 0 aliphatic carbocycles. The molecular weight excluding hydrogens is 519 g/mol. The molecule has 0 aliphatic heterocycles. The van der Waals surface area contributed by atoms with Crippen molar-refractivity contribution in [1.82, 2.24) is 0 Å². The van der Waals surface area contributed by atoms with Crippen LogP contribution in [0.25, 0.3) is 0 Å². The number of hydrogen-bond donors (Lipinski definition) is 0. The Balaban J connectivity index is 3.26. The van der Waals surface area contributed by atoms with E-state index in [1.807, 2.05) is 0 Å². The van der Waals surface area contributed by atoms with Gasteiger partial charge in [0.1, 0.15) is 11.1 Å². The minimum Gasteiger partial charge on any atom is -0.344 e. The van der Waals surface area contributed by atoms with Crippen LogP contribution in [-0.2, 0) is 4.74 Å². The SMILES string of the molecule is CCCCCCCCCCCCCCCCCC(Cl)OC(Cl)CCCCCCCCCCCCCCCCC. The van der Waals surface area contributed by atoms with Gasteiger partial charge in [0.25, 0.3) is 0 Å². The molecule has 3 heteroatoms. The molecule has 236 valence electrons. The van der Waals surface area contributed by atoms with Crippen LogP contribution in [0.5, 0.6) is 0 Å². The highest BCUT2D eigenvalue weighted by molar-refractivity contribution is 6.21. The van der Waals surface area contributed by atoms with Crippen molar-refractivity contribution in [3.63, 3.8) is 0 Å². The Morgan fingerprint density at radius 1 is 0.308 bits per heavy atom. The Labute approximate surface area is 257 Å². The summed E-state index contributed by atoms with van der Waals surface area (Å²) < 4.78 is 5.82. The van der Waals surface area contributed by atoms with E-state index >= 15 is 0 Å². The second-order valence-corrected chi connectivity index (χ2v) is 13.4. The molecule has 0 rings (SSSR count). The molecule has 0 aromatic carbocycles. The zero-order valence-electron chi connectivity index (χ0n) is 26.9. The quantitative estimate of drug-likeness (QED) is 0.0534. The first-order valence-electron chi connectivity index (χ1n) is 18.1. The fourth-order valence-corrected chi connectivity index (χ4v) is 6.26. The molecule has 0 amide bonds. The van der Waals surface area contributed by atoms with E-state index in [-0.39, 0.29) is 11.1 Å². The maximum atomic E-state index is 6.40. The maximum Gasteiger partial charge on any atom is 0.133 e. The van der Waals surface area contributed by atoms with Crippen LogP contribution in [0.2, 0.25) is 0 Å². The number of alkyl halides is 2. The van der Waals surface area contributed by atoms with Gasteiger partial charge in [0.15, 0.2) is 0 Å². The summed E-state index contributed by atoms with van der Waals surface area (Å²) in [4.78, 5) is 0. The number of halogens is 2. The zero-order chi connectivity index (χ0) is 28.5. The largest absolute Gasteiger partial charge is 0.344 e. The highest BCUT2D eigenvalue weighted by Gasteiger charge is 2.11. The van der Waals surface area contributed by atoms with Crippen molar-refractivity contribution >= 4 is 23.2 Å². The van der Waals surface area contributed by atoms with Crippen molar-refractivity contribution in [1.29, 1.82) is 0 Å². The molecule has 0 heterocycles. The van der Waals surface area contributed by atoms with Crippen molar-refractivity contribution in [2.75, 3.05) is 0 Å². The van der Waals surface area contributed by atoms with E-state index in [1.165, 1.54) is 180 Å². The summed E-state index contributed by atoms with van der Waals surface area (Å²) in [5, 5.41) is 0. The second-order valence-electron chi connectivity index (χ2n) is 12.4. The fraction of sp³-hybridized carbons (Fsp3) is 1.00. The highest BCUT2D eigenvalue weighted by Crippen LogP contribution is 2.20. The van der Waals surface area contributed by atoms with Crippen LogP contribution in [0, 0.1) is 0 Å². The van der Waals surface area contributed by atoms with Gasteiger partial charge in [-0.05, 0) is 25.7 Å². The third-order valence-corrected chi connectivity index (χ3v) is 9.01. The lowest BCUT2D eigenvalue weighted by Gasteiger charge is -2.16. The summed E-state index contributed by atoms with van der Waals surface area (Å²) in [6.07, 6.45) is 43.6. The molecule has 0 aliphatic rings. The van der Waals surface area contributed by atoms with Crippen LogP contribution in [0.4, 0.5) is 0 Å². The Morgan fingerprint density at radius 2 is 0.487 bits per heavy atom. The van der Waals surface area contributed by atoms with Gasteiger partial charge in [0, 0.05) is 0 Å². The van der Waals surface area contributed by atoms with Crippen LogP contribution in [0.1, 0.15) is 219 Å². The number of unbranched alkanes of at least 4 members (excludes halogenated alkanes) is 28. The second kappa shape index (κ2) is 34.7. The molecule has 0 saturated carbocycles. The maximum absolute atomic E-state index is 6.40. The summed E-state index contributed by atoms with van der Waals surface area (Å²) in [6, 6.07) is 0. The number of rotatable bonds is 34. The molecule has 0 fully saturated rings. The van der Waals surface area contributed by atoms with Crippen molar-refractivity contribution in [3.05, 3.63) is 0 Å². The molecule has 0 aromatic rings. The van der Waals surface area contributed by atoms with Crippen molar-refractivity contribution in [2.45, 2.75) is 230 Å². The van der Waals surface area contributed by atoms with E-state index in [1.54, 1.807) is 0 Å². The van der Waals surface area contributed by atoms with Crippen LogP contribution in [-0.4, -0.2) is 11.1 Å². The third kappa shape index (κ3) is 34.6. The van der Waals surface area contributed by atoms with E-state index in [9.17, 15) is 0 Å². The minimum absolute atomic E-state index is 0.217. The molecule has 2 unspecified atom stereocenters. The lowest BCUT2D eigenvalue weighted by atomic mass is 10.0. The lowest BCUT2D eigenvalue weighted by Crippen LogP contribution is -2.13. The average Bonchev–Trinajstić information content (AvgIpc) is 2.93. The van der Waals surface area contributed by atoms with Gasteiger partial charge in [-0.25, -0.2) is 0 Å². The molecule has 2 atom stereocenters. The number of ether oxygens (including phenoxy) is 1. The summed E-state index contributed by atoms with van der Waals surface area (Å²) in [5.41, 5.74) is -0.434. The van der Waals surface area contributed by atoms with E-state index in [0.717, 1.165) is 25.7 Å². The number of hydrogen-bond acceptors (Lipinski definition) is 1. The van der Waals surface area contributed by atoms with Crippen molar-refractivity contribution < 1.29 is 4.74 Å². The monoisotopic (exact) mass is 590 g/mol. The summed E-state index contributed by atoms with van der Waals surface area (Å²) >= 11 is 12.8. The van der Waals surface area contributed by atoms with Crippen molar-refractivity contribution in [2.24, 2.45) is 0 Å². The smallest absolute Gasteiger partial charge is 0.133 e. The average molecular weight is 592 g/mol. The van der Waals surface area contributed by atoms with Crippen LogP contribution < -0.4 is 0 Å². The van der Waals surface area contributed by atoms with E-state index < -0.39 is 0 Å². The van der Waals surface area contributed by atoms with Gasteiger partial charge in [-0.1, -0.05) is 217 Å². The first-order valence-corrected chi connectivity index (χ1v) is 19.0. The fourth-order valence-electron chi connectivity index (χ4n) is 5.65. The van der Waals surface area contributed by atoms with E-state index in [0.29, 0.717) is 0 Å². The Kier molecular flexibility index (Phi) is 35.2. The van der Waals surface area contributed by atoms with Gasteiger partial charge in [0.2, 0.25) is 0 Å². The predicted molar refractivity (Wildman–Crippen MR) is 179 cm³/mol. The van der Waals surface area contributed by atoms with Gasteiger partial charge in [0.05, 0.1) is 0 Å². The molecule has 0 N–H and O–H groups in total. The van der Waals surface area contributed by atoms with E-state index in [2.05, 4.69) is 13.8 Å². The molecule has 39 heavy (non-hydrogen) atoms. The highest BCUT2D eigenvalue weighted by atomic mass is 35.5. The van der Waals surface area contributed by atoms with Gasteiger partial charge < -0.3 is 4.74 Å². The minimum atomic E-state index is -0.217. The summed E-state index contributed by atoms with van der Waals surface area (Å²) in [7, 11) is 0. The van der Waals surface area contributed by atoms with Crippen LogP contribution in [0.15, 0.2) is 0 Å². The molecule has 0 bridgehead atoms. The molecule has 0 aromatic heterocycles. The Bertz CT molecular complexity index is 392. The third-order valence-electron chi connectivity index (χ3n) is 8.36.